The first-order valence-electron chi connectivity index (χ1n) is 42.3. The highest BCUT2D eigenvalue weighted by atomic mass is 14.7. The lowest BCUT2D eigenvalue weighted by molar-refractivity contribution is -0.196. The second kappa shape index (κ2) is 32.1. The average Bonchev–Trinajstić information content (AvgIpc) is 0.815. The summed E-state index contributed by atoms with van der Waals surface area (Å²) >= 11 is 0. The summed E-state index contributed by atoms with van der Waals surface area (Å²) < 4.78 is 0. The van der Waals surface area contributed by atoms with E-state index in [1.54, 1.807) is 22.3 Å². The second-order valence-corrected chi connectivity index (χ2v) is 39.1. The molecule has 9 aliphatic rings. The highest BCUT2D eigenvalue weighted by molar-refractivity contribution is 5.87. The smallest absolute Gasteiger partial charge is 0.00925 e. The maximum absolute atomic E-state index is 4.96. The lowest BCUT2D eigenvalue weighted by Crippen LogP contribution is -2.59. The van der Waals surface area contributed by atoms with Crippen LogP contribution in [-0.2, 0) is 32.1 Å². The van der Waals surface area contributed by atoms with Crippen LogP contribution < -0.4 is 0 Å². The van der Waals surface area contributed by atoms with Gasteiger partial charge < -0.3 is 0 Å². The first-order valence-corrected chi connectivity index (χ1v) is 42.3. The molecule has 0 heterocycles. The van der Waals surface area contributed by atoms with Gasteiger partial charge in [0.25, 0.3) is 0 Å². The van der Waals surface area contributed by atoms with E-state index >= 15 is 0 Å². The Balaban J connectivity index is 0.605. The van der Waals surface area contributed by atoms with Crippen molar-refractivity contribution < 1.29 is 0 Å². The van der Waals surface area contributed by atoms with E-state index in [2.05, 4.69) is 200 Å². The van der Waals surface area contributed by atoms with Crippen molar-refractivity contribution in [3.05, 3.63) is 255 Å². The van der Waals surface area contributed by atoms with Gasteiger partial charge in [-0.3, -0.25) is 0 Å². The predicted octanol–water partition coefficient (Wildman–Crippen LogP) is 30.1. The van der Waals surface area contributed by atoms with Crippen LogP contribution in [0, 0.1) is 74.9 Å². The zero-order chi connectivity index (χ0) is 74.1. The van der Waals surface area contributed by atoms with Gasteiger partial charge in [0.2, 0.25) is 0 Å². The van der Waals surface area contributed by atoms with E-state index in [4.69, 9.17) is 26.3 Å². The maximum Gasteiger partial charge on any atom is 0.00925 e. The van der Waals surface area contributed by atoms with Gasteiger partial charge in [-0.05, 0) is 343 Å². The van der Waals surface area contributed by atoms with E-state index in [1.165, 1.54) is 248 Å². The minimum atomic E-state index is -0.0412. The van der Waals surface area contributed by atoms with E-state index in [0.29, 0.717) is 57.2 Å². The molecule has 6 fully saturated rings. The van der Waals surface area contributed by atoms with Crippen LogP contribution >= 0.6 is 0 Å². The zero-order valence-electron chi connectivity index (χ0n) is 68.0. The lowest BCUT2D eigenvalue weighted by atomic mass is 9.34. The molecule has 0 saturated heterocycles. The van der Waals surface area contributed by atoms with Gasteiger partial charge in [0.1, 0.15) is 0 Å². The number of aryl methyl sites for hydroxylation is 1. The molecule has 0 N–H and O–H groups in total. The first-order chi connectivity index (χ1) is 49.5. The van der Waals surface area contributed by atoms with Crippen LogP contribution in [0.25, 0.3) is 17.2 Å². The Kier molecular flexibility index (Phi) is 23.9. The SMILES string of the molecule is C=C(C)CCCC[C@](C)(CC(=C)[C@@](C)(CC(=C)CCCCCC1C(=C)CC(C)C1=C)C(C)C)C(=C)Cc1ccc(CCC(=C)C2CCC(CCCC34CC5(CC6C=CC(c7ccc(C8CCCc9c8ccc(CC8=Cc%10ccccc%10C8)c9C)cc7C(=C)C)=C6C)C[C@](C)(C3)C[C@](C)(C4)C5)CC2)cc1. The zero-order valence-corrected chi connectivity index (χ0v) is 68.0. The molecule has 13 rings (SSSR count). The van der Waals surface area contributed by atoms with Crippen molar-refractivity contribution in [2.45, 2.75) is 300 Å². The van der Waals surface area contributed by atoms with Crippen LogP contribution in [0.4, 0.5) is 0 Å². The van der Waals surface area contributed by atoms with Crippen molar-refractivity contribution in [3.8, 4) is 0 Å². The van der Waals surface area contributed by atoms with Crippen LogP contribution in [0.5, 0.6) is 0 Å². The molecule has 4 aromatic rings. The summed E-state index contributed by atoms with van der Waals surface area (Å²) in [6, 6.07) is 31.1. The lowest BCUT2D eigenvalue weighted by Gasteiger charge is -2.70. The molecule has 0 nitrogen and oxygen atoms in total. The molecular formula is C104H140. The molecule has 4 aromatic carbocycles. The third-order valence-corrected chi connectivity index (χ3v) is 29.7. The maximum atomic E-state index is 4.96. The number of rotatable bonds is 35. The summed E-state index contributed by atoms with van der Waals surface area (Å²) in [5.41, 5.74) is 33.4. The normalized spacial score (nSPS) is 28.0. The molecule has 6 saturated carbocycles. The van der Waals surface area contributed by atoms with Gasteiger partial charge in [-0.15, -0.1) is 6.58 Å². The third-order valence-electron chi connectivity index (χ3n) is 29.7. The van der Waals surface area contributed by atoms with Crippen LogP contribution in [0.15, 0.2) is 194 Å². The minimum absolute atomic E-state index is 0.0173. The number of fused-ring (bicyclic) bond motifs is 2. The monoisotopic (exact) mass is 1390 g/mol. The van der Waals surface area contributed by atoms with Crippen LogP contribution in [0.3, 0.4) is 0 Å². The Bertz CT molecular complexity index is 3980. The standard InChI is InChI=1S/C104H140/c1-70(2)29-25-26-53-101(18,62-78(12)102(19,72(5)6)61-73(7)30-21-20-22-34-92-76(10)55-75(9)79(92)13)77(11)56-84-41-39-83(40-42-84)38-37-74(8)86-45-43-82(44-46-86)31-28-54-103-65-99(16)64-100(17,66-103)68-104(67-99,69-103)63-91-49-50-94(81(91)15)97-52-48-90(60-98(97)71(3)4)95-36-27-35-93-80(14)87(47-51-96(93)95)57-85-58-88-32-23-24-33-89(88)59-85/h23-24,32-33,39-42,47-52,58,60,72,75,82,86,91-92,95H,1,3,7-8,10-13,20-22,25-31,34-38,43-46,53-57,59,61-69H2,2,4-6,9,14-19H3/t75?,82?,86?,91?,92?,95?,99-,100+,101-,102+,103?,104?/m1/s1. The summed E-state index contributed by atoms with van der Waals surface area (Å²) in [7, 11) is 0. The van der Waals surface area contributed by atoms with E-state index in [1.807, 2.05) is 0 Å². The number of hydrogen-bond acceptors (Lipinski definition) is 0. The topological polar surface area (TPSA) is 0 Å². The minimum Gasteiger partial charge on any atom is -0.100 e. The Morgan fingerprint density at radius 3 is 2.10 bits per heavy atom. The van der Waals surface area contributed by atoms with Crippen LogP contribution in [0.2, 0.25) is 0 Å². The van der Waals surface area contributed by atoms with Gasteiger partial charge in [0.15, 0.2) is 0 Å². The molecule has 6 unspecified atom stereocenters. The van der Waals surface area contributed by atoms with Gasteiger partial charge in [-0.1, -0.05) is 279 Å². The van der Waals surface area contributed by atoms with Gasteiger partial charge in [0.05, 0.1) is 0 Å². The largest absolute Gasteiger partial charge is 0.100 e. The molecule has 0 aliphatic heterocycles. The Morgan fingerprint density at radius 2 is 1.40 bits per heavy atom. The van der Waals surface area contributed by atoms with Crippen molar-refractivity contribution in [2.24, 2.45) is 68.0 Å². The molecule has 0 aromatic heterocycles. The van der Waals surface area contributed by atoms with Crippen molar-refractivity contribution >= 4 is 17.2 Å². The fourth-order valence-electron chi connectivity index (χ4n) is 24.4. The molecule has 0 heteroatoms. The number of hydrogen-bond donors (Lipinski definition) is 0. The summed E-state index contributed by atoms with van der Waals surface area (Å²) in [5, 5.41) is 0. The number of benzene rings is 4. The van der Waals surface area contributed by atoms with Gasteiger partial charge >= 0.3 is 0 Å². The van der Waals surface area contributed by atoms with E-state index in [0.717, 1.165) is 76.5 Å². The summed E-state index contributed by atoms with van der Waals surface area (Å²) in [4.78, 5) is 0. The van der Waals surface area contributed by atoms with Crippen molar-refractivity contribution in [1.82, 2.24) is 0 Å². The third kappa shape index (κ3) is 17.4. The van der Waals surface area contributed by atoms with Crippen LogP contribution in [-0.4, -0.2) is 0 Å². The Morgan fingerprint density at radius 1 is 0.692 bits per heavy atom. The highest BCUT2D eigenvalue weighted by Gasteiger charge is 2.65. The van der Waals surface area contributed by atoms with Gasteiger partial charge in [-0.2, -0.15) is 0 Å². The van der Waals surface area contributed by atoms with Crippen molar-refractivity contribution in [2.75, 3.05) is 0 Å². The molecule has 0 radical (unpaired) electrons. The van der Waals surface area contributed by atoms with Crippen molar-refractivity contribution in [3.63, 3.8) is 0 Å². The first kappa shape index (κ1) is 77.6. The number of unbranched alkanes of at least 4 members (excludes halogenated alkanes) is 3. The van der Waals surface area contributed by atoms with Crippen molar-refractivity contribution in [1.29, 1.82) is 0 Å². The molecular weight excluding hydrogens is 1250 g/mol. The Hall–Kier alpha value is -5.98. The summed E-state index contributed by atoms with van der Waals surface area (Å²) in [6.07, 6.45) is 49.9. The van der Waals surface area contributed by atoms with Gasteiger partial charge in [0, 0.05) is 11.8 Å². The molecule has 4 bridgehead atoms. The number of allylic oxidation sites excluding steroid dienone is 13. The van der Waals surface area contributed by atoms with Gasteiger partial charge in [-0.25, -0.2) is 0 Å². The quantitative estimate of drug-likeness (QED) is 0.0318. The molecule has 0 amide bonds. The second-order valence-electron chi connectivity index (χ2n) is 39.1. The highest BCUT2D eigenvalue weighted by Crippen LogP contribution is 2.76. The van der Waals surface area contributed by atoms with E-state index in [9.17, 15) is 0 Å². The fourth-order valence-corrected chi connectivity index (χ4v) is 24.4. The average molecular weight is 1390 g/mol. The van der Waals surface area contributed by atoms with E-state index in [-0.39, 0.29) is 10.8 Å². The fraction of sp³-hybridized carbons (Fsp3) is 0.558. The van der Waals surface area contributed by atoms with E-state index < -0.39 is 0 Å². The Labute approximate surface area is 636 Å². The molecule has 9 aliphatic carbocycles. The molecule has 10 atom stereocenters. The molecule has 0 spiro atoms. The summed E-state index contributed by atoms with van der Waals surface area (Å²) in [6.45, 7) is 64.0. The predicted molar refractivity (Wildman–Crippen MR) is 454 cm³/mol. The van der Waals surface area contributed by atoms with Crippen LogP contribution in [0.1, 0.15) is 323 Å². The molecule has 556 valence electrons. The molecule has 104 heavy (non-hydrogen) atoms. The summed E-state index contributed by atoms with van der Waals surface area (Å²) in [5.74, 6) is 4.08.